The maximum Gasteiger partial charge on any atom is 0.404 e. The Balaban J connectivity index is 1.65. The summed E-state index contributed by atoms with van der Waals surface area (Å²) in [6.45, 7) is 4.43. The van der Waals surface area contributed by atoms with Gasteiger partial charge in [0.2, 0.25) is 0 Å². The van der Waals surface area contributed by atoms with Crippen LogP contribution in [0.1, 0.15) is 41.4 Å². The van der Waals surface area contributed by atoms with Crippen LogP contribution in [0, 0.1) is 5.82 Å². The van der Waals surface area contributed by atoms with E-state index >= 15 is 0 Å². The zero-order valence-corrected chi connectivity index (χ0v) is 17.1. The van der Waals surface area contributed by atoms with Crippen LogP contribution in [-0.4, -0.2) is 51.3 Å². The van der Waals surface area contributed by atoms with Crippen LogP contribution >= 0.6 is 0 Å². The van der Waals surface area contributed by atoms with E-state index in [4.69, 9.17) is 9.84 Å². The number of nitrogens with one attached hydrogen (secondary N) is 1. The number of hydrogen-bond acceptors (Lipinski definition) is 6. The van der Waals surface area contributed by atoms with Crippen LogP contribution in [-0.2, 0) is 6.42 Å². The van der Waals surface area contributed by atoms with Crippen molar-refractivity contribution in [3.63, 3.8) is 0 Å². The Bertz CT molecular complexity index is 1150. The van der Waals surface area contributed by atoms with Gasteiger partial charge in [0, 0.05) is 23.9 Å². The van der Waals surface area contributed by atoms with Crippen molar-refractivity contribution in [2.24, 2.45) is 0 Å². The molecule has 0 spiro atoms. The number of aldehydes is 1. The van der Waals surface area contributed by atoms with E-state index in [1.165, 1.54) is 18.3 Å². The maximum atomic E-state index is 14.1. The molecule has 0 aliphatic carbocycles. The molecular formula is C21H22FN5O4. The lowest BCUT2D eigenvalue weighted by molar-refractivity contribution is 0.112. The van der Waals surface area contributed by atoms with Gasteiger partial charge in [-0.25, -0.2) is 18.7 Å². The number of benzene rings is 1. The Hall–Kier alpha value is -3.69. The van der Waals surface area contributed by atoms with E-state index in [1.54, 1.807) is 17.5 Å². The van der Waals surface area contributed by atoms with Gasteiger partial charge in [-0.1, -0.05) is 0 Å². The van der Waals surface area contributed by atoms with Crippen molar-refractivity contribution in [2.45, 2.75) is 32.4 Å². The van der Waals surface area contributed by atoms with Crippen molar-refractivity contribution in [1.82, 2.24) is 19.9 Å². The topological polar surface area (TPSA) is 109 Å². The van der Waals surface area contributed by atoms with Crippen molar-refractivity contribution in [1.29, 1.82) is 0 Å². The fraction of sp³-hybridized carbons (Fsp3) is 0.333. The third-order valence-electron chi connectivity index (χ3n) is 5.35. The molecule has 1 amide bonds. The molecule has 0 fully saturated rings. The van der Waals surface area contributed by atoms with E-state index in [-0.39, 0.29) is 12.6 Å². The number of carbonyl (C=O) groups excluding carboxylic acids is 1. The largest absolute Gasteiger partial charge is 0.489 e. The summed E-state index contributed by atoms with van der Waals surface area (Å²) < 4.78 is 21.6. The number of carboxylic acid groups (broad SMARTS) is 1. The van der Waals surface area contributed by atoms with Gasteiger partial charge in [0.1, 0.15) is 23.5 Å². The molecule has 31 heavy (non-hydrogen) atoms. The Morgan fingerprint density at radius 2 is 2.23 bits per heavy atom. The number of fused-ring (bicyclic) bond motifs is 2. The first-order valence-corrected chi connectivity index (χ1v) is 9.89. The number of rotatable bonds is 7. The first-order chi connectivity index (χ1) is 14.9. The fourth-order valence-electron chi connectivity index (χ4n) is 3.80. The number of amides is 1. The van der Waals surface area contributed by atoms with Gasteiger partial charge in [-0.05, 0) is 38.5 Å². The fourth-order valence-corrected chi connectivity index (χ4v) is 3.80. The summed E-state index contributed by atoms with van der Waals surface area (Å²) in [6.07, 6.45) is 3.21. The summed E-state index contributed by atoms with van der Waals surface area (Å²) in [5, 5.41) is 15.2. The van der Waals surface area contributed by atoms with Gasteiger partial charge >= 0.3 is 6.09 Å². The molecule has 2 N–H and O–H groups in total. The molecule has 3 aromatic rings. The molecule has 1 aromatic carbocycles. The van der Waals surface area contributed by atoms with E-state index in [2.05, 4.69) is 15.4 Å². The number of anilines is 1. The van der Waals surface area contributed by atoms with Crippen molar-refractivity contribution in [3.05, 3.63) is 53.1 Å². The minimum atomic E-state index is -1.14. The van der Waals surface area contributed by atoms with E-state index in [1.807, 2.05) is 18.0 Å². The normalized spacial score (nSPS) is 14.9. The summed E-state index contributed by atoms with van der Waals surface area (Å²) in [4.78, 5) is 28.7. The molecule has 0 saturated heterocycles. The predicted molar refractivity (Wildman–Crippen MR) is 110 cm³/mol. The van der Waals surface area contributed by atoms with Crippen LogP contribution in [0.5, 0.6) is 5.75 Å². The molecule has 1 aliphatic rings. The second kappa shape index (κ2) is 8.21. The average Bonchev–Trinajstić information content (AvgIpc) is 3.34. The highest BCUT2D eigenvalue weighted by Gasteiger charge is 2.29. The minimum absolute atomic E-state index is 0.0995. The molecule has 4 rings (SSSR count). The van der Waals surface area contributed by atoms with E-state index in [0.717, 1.165) is 24.1 Å². The highest BCUT2D eigenvalue weighted by molar-refractivity contribution is 5.84. The van der Waals surface area contributed by atoms with Crippen LogP contribution in [0.4, 0.5) is 15.0 Å². The van der Waals surface area contributed by atoms with Crippen molar-refractivity contribution >= 4 is 23.8 Å². The van der Waals surface area contributed by atoms with Crippen LogP contribution in [0.2, 0.25) is 0 Å². The third kappa shape index (κ3) is 4.00. The molecule has 162 valence electrons. The van der Waals surface area contributed by atoms with Gasteiger partial charge in [0.15, 0.2) is 11.9 Å². The van der Waals surface area contributed by atoms with Crippen LogP contribution in [0.25, 0.3) is 5.65 Å². The Labute approximate surface area is 177 Å². The second-order valence-electron chi connectivity index (χ2n) is 7.49. The van der Waals surface area contributed by atoms with Gasteiger partial charge in [0.05, 0.1) is 24.3 Å². The molecule has 0 saturated carbocycles. The summed E-state index contributed by atoms with van der Waals surface area (Å²) in [6, 6.07) is 4.01. The first-order valence-electron chi connectivity index (χ1n) is 9.89. The standard InChI is InChI=1S/C21H22FN5O4/c1-12(8-23-21(29)30)31-18-4-3-16(22)7-17(18)13(2)26-6-5-14-10-27-20(25-19(14)26)15(11-28)9-24-27/h3-4,7,9-13,23H,5-6,8H2,1-2H3,(H,29,30). The lowest BCUT2D eigenvalue weighted by Crippen LogP contribution is -2.33. The molecule has 1 aliphatic heterocycles. The van der Waals surface area contributed by atoms with Crippen LogP contribution in [0.15, 0.2) is 30.6 Å². The first kappa shape index (κ1) is 20.6. The monoisotopic (exact) mass is 427 g/mol. The zero-order chi connectivity index (χ0) is 22.1. The lowest BCUT2D eigenvalue weighted by atomic mass is 10.1. The molecule has 0 bridgehead atoms. The lowest BCUT2D eigenvalue weighted by Gasteiger charge is -2.29. The van der Waals surface area contributed by atoms with E-state index in [9.17, 15) is 14.0 Å². The quantitative estimate of drug-likeness (QED) is 0.558. The second-order valence-corrected chi connectivity index (χ2v) is 7.49. The average molecular weight is 427 g/mol. The summed E-state index contributed by atoms with van der Waals surface area (Å²) in [5.41, 5.74) is 2.48. The number of hydrogen-bond donors (Lipinski definition) is 2. The van der Waals surface area contributed by atoms with Gasteiger partial charge in [-0.3, -0.25) is 4.79 Å². The highest BCUT2D eigenvalue weighted by atomic mass is 19.1. The minimum Gasteiger partial charge on any atom is -0.489 e. The highest BCUT2D eigenvalue weighted by Crippen LogP contribution is 2.37. The van der Waals surface area contributed by atoms with Crippen molar-refractivity contribution in [3.8, 4) is 5.75 Å². The van der Waals surface area contributed by atoms with Gasteiger partial charge in [-0.15, -0.1) is 0 Å². The Morgan fingerprint density at radius 1 is 1.42 bits per heavy atom. The number of nitrogens with zero attached hydrogens (tertiary/aromatic N) is 4. The maximum absolute atomic E-state index is 14.1. The number of ether oxygens (including phenoxy) is 1. The van der Waals surface area contributed by atoms with Crippen molar-refractivity contribution in [2.75, 3.05) is 18.0 Å². The molecule has 3 heterocycles. The van der Waals surface area contributed by atoms with E-state index in [0.29, 0.717) is 29.1 Å². The Kier molecular flexibility index (Phi) is 5.45. The number of halogens is 1. The smallest absolute Gasteiger partial charge is 0.404 e. The summed E-state index contributed by atoms with van der Waals surface area (Å²) >= 11 is 0. The zero-order valence-electron chi connectivity index (χ0n) is 17.1. The van der Waals surface area contributed by atoms with Crippen LogP contribution in [0.3, 0.4) is 0 Å². The molecular weight excluding hydrogens is 405 g/mol. The third-order valence-corrected chi connectivity index (χ3v) is 5.35. The summed E-state index contributed by atoms with van der Waals surface area (Å²) in [5.74, 6) is 0.799. The van der Waals surface area contributed by atoms with Crippen molar-refractivity contribution < 1.29 is 23.8 Å². The molecule has 9 nitrogen and oxygen atoms in total. The van der Waals surface area contributed by atoms with Crippen LogP contribution < -0.4 is 15.0 Å². The van der Waals surface area contributed by atoms with Gasteiger partial charge in [-0.2, -0.15) is 5.10 Å². The number of carbonyl (C=O) groups is 2. The van der Waals surface area contributed by atoms with Gasteiger partial charge < -0.3 is 20.1 Å². The molecule has 10 heteroatoms. The van der Waals surface area contributed by atoms with E-state index < -0.39 is 18.0 Å². The molecule has 0 radical (unpaired) electrons. The molecule has 2 atom stereocenters. The number of aromatic nitrogens is 3. The Morgan fingerprint density at radius 3 is 2.97 bits per heavy atom. The SMILES string of the molecule is CC(CNC(=O)O)Oc1ccc(F)cc1C(C)N1CCc2cn3ncc(C=O)c3nc21. The molecule has 2 unspecified atom stereocenters. The molecule has 2 aromatic heterocycles. The predicted octanol–water partition coefficient (Wildman–Crippen LogP) is 2.84. The van der Waals surface area contributed by atoms with Gasteiger partial charge in [0.25, 0.3) is 0 Å². The summed E-state index contributed by atoms with van der Waals surface area (Å²) in [7, 11) is 0.